The third-order valence-corrected chi connectivity index (χ3v) is 8.29. The van der Waals surface area contributed by atoms with E-state index in [1.807, 2.05) is 51.1 Å². The normalized spacial score (nSPS) is 12.1. The van der Waals surface area contributed by atoms with E-state index in [0.29, 0.717) is 23.0 Å². The van der Waals surface area contributed by atoms with E-state index in [4.69, 9.17) is 0 Å². The van der Waals surface area contributed by atoms with E-state index in [1.165, 1.54) is 17.0 Å². The lowest BCUT2D eigenvalue weighted by atomic mass is 10.1. The highest BCUT2D eigenvalue weighted by molar-refractivity contribution is 9.10. The van der Waals surface area contributed by atoms with Gasteiger partial charge in [0.25, 0.3) is 10.0 Å². The molecule has 0 radical (unpaired) electrons. The Bertz CT molecular complexity index is 1320. The summed E-state index contributed by atoms with van der Waals surface area (Å²) in [5, 5.41) is 2.90. The summed E-state index contributed by atoms with van der Waals surface area (Å²) in [4.78, 5) is 28.6. The molecule has 0 fully saturated rings. The number of hydrogen-bond donors (Lipinski definition) is 1. The molecule has 9 heteroatoms. The van der Waals surface area contributed by atoms with Gasteiger partial charge in [-0.15, -0.1) is 0 Å². The van der Waals surface area contributed by atoms with Crippen LogP contribution in [-0.2, 0) is 26.0 Å². The minimum absolute atomic E-state index is 0.0770. The van der Waals surface area contributed by atoms with Crippen LogP contribution in [0.25, 0.3) is 0 Å². The lowest BCUT2D eigenvalue weighted by Crippen LogP contribution is -2.54. The van der Waals surface area contributed by atoms with Crippen LogP contribution in [-0.4, -0.2) is 50.3 Å². The Balaban J connectivity index is 2.00. The van der Waals surface area contributed by atoms with E-state index < -0.39 is 28.5 Å². The zero-order valence-corrected chi connectivity index (χ0v) is 24.3. The van der Waals surface area contributed by atoms with Gasteiger partial charge in [0, 0.05) is 17.1 Å². The van der Waals surface area contributed by atoms with Gasteiger partial charge in [0.15, 0.2) is 0 Å². The fourth-order valence-corrected chi connectivity index (χ4v) is 5.97. The van der Waals surface area contributed by atoms with Gasteiger partial charge in [-0.1, -0.05) is 77.5 Å². The van der Waals surface area contributed by atoms with Crippen LogP contribution in [0, 0.1) is 0 Å². The zero-order chi connectivity index (χ0) is 27.7. The smallest absolute Gasteiger partial charge is 0.264 e. The largest absolute Gasteiger partial charge is 0.352 e. The van der Waals surface area contributed by atoms with Crippen LogP contribution >= 0.6 is 15.9 Å². The lowest BCUT2D eigenvalue weighted by Gasteiger charge is -2.33. The Kier molecular flexibility index (Phi) is 10.5. The predicted molar refractivity (Wildman–Crippen MR) is 154 cm³/mol. The van der Waals surface area contributed by atoms with Crippen LogP contribution in [0.2, 0.25) is 0 Å². The molecule has 7 nitrogen and oxygen atoms in total. The van der Waals surface area contributed by atoms with E-state index in [2.05, 4.69) is 21.2 Å². The number of benzene rings is 3. The molecule has 0 spiro atoms. The van der Waals surface area contributed by atoms with Crippen molar-refractivity contribution in [2.75, 3.05) is 17.4 Å². The van der Waals surface area contributed by atoms with E-state index in [-0.39, 0.29) is 23.4 Å². The molecule has 0 bridgehead atoms. The first-order chi connectivity index (χ1) is 18.1. The highest BCUT2D eigenvalue weighted by atomic mass is 79.9. The number of amides is 2. The Morgan fingerprint density at radius 3 is 2.13 bits per heavy atom. The molecule has 0 aromatic heterocycles. The van der Waals surface area contributed by atoms with Crippen molar-refractivity contribution in [1.82, 2.24) is 10.2 Å². The highest BCUT2D eigenvalue weighted by Gasteiger charge is 2.33. The van der Waals surface area contributed by atoms with E-state index >= 15 is 0 Å². The topological polar surface area (TPSA) is 86.8 Å². The van der Waals surface area contributed by atoms with Crippen molar-refractivity contribution >= 4 is 43.5 Å². The van der Waals surface area contributed by atoms with Crippen molar-refractivity contribution in [3.05, 3.63) is 95.0 Å². The number of anilines is 1. The van der Waals surface area contributed by atoms with Gasteiger partial charge in [0.2, 0.25) is 11.8 Å². The quantitative estimate of drug-likeness (QED) is 0.317. The van der Waals surface area contributed by atoms with Crippen molar-refractivity contribution in [3.8, 4) is 0 Å². The third kappa shape index (κ3) is 7.68. The molecule has 0 saturated carbocycles. The maximum atomic E-state index is 13.9. The van der Waals surface area contributed by atoms with Crippen LogP contribution in [0.5, 0.6) is 0 Å². The van der Waals surface area contributed by atoms with Crippen molar-refractivity contribution in [2.24, 2.45) is 0 Å². The average molecular weight is 601 g/mol. The van der Waals surface area contributed by atoms with Gasteiger partial charge in [-0.25, -0.2) is 8.42 Å². The summed E-state index contributed by atoms with van der Waals surface area (Å²) in [7, 11) is -4.07. The molecule has 1 N–H and O–H groups in total. The number of carbonyl (C=O) groups excluding carboxylic acids is 2. The molecule has 38 heavy (non-hydrogen) atoms. The first kappa shape index (κ1) is 29.4. The number of hydrogen-bond acceptors (Lipinski definition) is 4. The second-order valence-corrected chi connectivity index (χ2v) is 12.0. The summed E-state index contributed by atoms with van der Waals surface area (Å²) in [5.74, 6) is -0.713. The summed E-state index contributed by atoms with van der Waals surface area (Å²) in [6, 6.07) is 23.7. The molecule has 0 aliphatic carbocycles. The van der Waals surface area contributed by atoms with Gasteiger partial charge in [-0.3, -0.25) is 13.9 Å². The molecule has 0 heterocycles. The SMILES string of the molecule is CC[C@@H](C(=O)NC(C)C)N(CCc1ccccc1)C(=O)CN(c1cccc(Br)c1)S(=O)(=O)c1ccccc1. The first-order valence-electron chi connectivity index (χ1n) is 12.6. The lowest BCUT2D eigenvalue weighted by molar-refractivity contribution is -0.139. The molecule has 0 aliphatic rings. The van der Waals surface area contributed by atoms with Gasteiger partial charge in [0.1, 0.15) is 12.6 Å². The van der Waals surface area contributed by atoms with Crippen LogP contribution in [0.3, 0.4) is 0 Å². The maximum Gasteiger partial charge on any atom is 0.264 e. The molecule has 3 aromatic carbocycles. The molecule has 3 rings (SSSR count). The van der Waals surface area contributed by atoms with Crippen LogP contribution in [0.4, 0.5) is 5.69 Å². The fourth-order valence-electron chi connectivity index (χ4n) is 4.16. The molecule has 2 amide bonds. The van der Waals surface area contributed by atoms with Crippen LogP contribution < -0.4 is 9.62 Å². The molecule has 3 aromatic rings. The summed E-state index contributed by atoms with van der Waals surface area (Å²) in [5.41, 5.74) is 1.37. The molecule has 0 saturated heterocycles. The van der Waals surface area contributed by atoms with Crippen molar-refractivity contribution in [2.45, 2.75) is 50.6 Å². The predicted octanol–water partition coefficient (Wildman–Crippen LogP) is 5.02. The number of carbonyl (C=O) groups is 2. The minimum atomic E-state index is -4.07. The van der Waals surface area contributed by atoms with Crippen molar-refractivity contribution < 1.29 is 18.0 Å². The Morgan fingerprint density at radius 2 is 1.55 bits per heavy atom. The highest BCUT2D eigenvalue weighted by Crippen LogP contribution is 2.27. The number of nitrogens with one attached hydrogen (secondary N) is 1. The summed E-state index contributed by atoms with van der Waals surface area (Å²) in [6.45, 7) is 5.39. The molecule has 202 valence electrons. The third-order valence-electron chi connectivity index (χ3n) is 6.01. The molecule has 0 unspecified atom stereocenters. The first-order valence-corrected chi connectivity index (χ1v) is 14.8. The fraction of sp³-hybridized carbons (Fsp3) is 0.310. The van der Waals surface area contributed by atoms with E-state index in [0.717, 1.165) is 9.87 Å². The summed E-state index contributed by atoms with van der Waals surface area (Å²) in [6.07, 6.45) is 0.918. The average Bonchev–Trinajstić information content (AvgIpc) is 2.90. The summed E-state index contributed by atoms with van der Waals surface area (Å²) < 4.78 is 29.3. The van der Waals surface area contributed by atoms with E-state index in [9.17, 15) is 18.0 Å². The minimum Gasteiger partial charge on any atom is -0.352 e. The maximum absolute atomic E-state index is 13.9. The van der Waals surface area contributed by atoms with Gasteiger partial charge in [-0.05, 0) is 62.6 Å². The van der Waals surface area contributed by atoms with Crippen LogP contribution in [0.15, 0.2) is 94.3 Å². The van der Waals surface area contributed by atoms with Crippen molar-refractivity contribution in [3.63, 3.8) is 0 Å². The van der Waals surface area contributed by atoms with Gasteiger partial charge < -0.3 is 10.2 Å². The van der Waals surface area contributed by atoms with Crippen LogP contribution in [0.1, 0.15) is 32.8 Å². The number of halogens is 1. The standard InChI is InChI=1S/C29H34BrN3O4S/c1-4-27(29(35)31-22(2)3)32(19-18-23-12-7-5-8-13-23)28(34)21-33(25-15-11-14-24(30)20-25)38(36,37)26-16-9-6-10-17-26/h5-17,20,22,27H,4,18-19,21H2,1-3H3,(H,31,35)/t27-/m0/s1. The molecular weight excluding hydrogens is 566 g/mol. The molecule has 0 aliphatic heterocycles. The van der Waals surface area contributed by atoms with Gasteiger partial charge >= 0.3 is 0 Å². The molecule has 1 atom stereocenters. The molecular formula is C29H34BrN3O4S. The Hall–Kier alpha value is -3.17. The Labute approximate surface area is 234 Å². The van der Waals surface area contributed by atoms with Gasteiger partial charge in [-0.2, -0.15) is 0 Å². The van der Waals surface area contributed by atoms with Crippen molar-refractivity contribution in [1.29, 1.82) is 0 Å². The zero-order valence-electron chi connectivity index (χ0n) is 21.9. The van der Waals surface area contributed by atoms with Gasteiger partial charge in [0.05, 0.1) is 10.6 Å². The van der Waals surface area contributed by atoms with E-state index in [1.54, 1.807) is 42.5 Å². The number of sulfonamides is 1. The number of nitrogens with zero attached hydrogens (tertiary/aromatic N) is 2. The monoisotopic (exact) mass is 599 g/mol. The second kappa shape index (κ2) is 13.6. The second-order valence-electron chi connectivity index (χ2n) is 9.21. The number of rotatable bonds is 12. The Morgan fingerprint density at radius 1 is 0.921 bits per heavy atom. The summed E-state index contributed by atoms with van der Waals surface area (Å²) >= 11 is 3.41.